The molecule has 0 aliphatic rings. The first-order valence-electron chi connectivity index (χ1n) is 11.7. The standard InChI is InChI=1S/C25H37N3O3/c1-4-7-12-16-26-24(29)22-19-31-23(27-22)18-28(17-13-8-5-2)25(30)21(6-3)20-14-10-9-11-15-20/h9-11,14-15,19,21H,4-8,12-13,16-18H2,1-3H3,(H,26,29)/t21-/m1/s1. The molecule has 0 saturated carbocycles. The minimum Gasteiger partial charge on any atom is -0.446 e. The van der Waals surface area contributed by atoms with Crippen molar-refractivity contribution < 1.29 is 14.0 Å². The average Bonchev–Trinajstić information content (AvgIpc) is 3.26. The second-order valence-corrected chi connectivity index (χ2v) is 7.93. The SMILES string of the molecule is CCCCCNC(=O)c1coc(CN(CCCCC)C(=O)[C@H](CC)c2ccccc2)n1. The minimum atomic E-state index is -0.231. The van der Waals surface area contributed by atoms with Crippen molar-refractivity contribution in [2.45, 2.75) is 78.2 Å². The lowest BCUT2D eigenvalue weighted by atomic mass is 9.95. The zero-order chi connectivity index (χ0) is 22.5. The van der Waals surface area contributed by atoms with E-state index in [1.807, 2.05) is 42.2 Å². The van der Waals surface area contributed by atoms with Gasteiger partial charge in [0.05, 0.1) is 12.5 Å². The number of hydrogen-bond acceptors (Lipinski definition) is 4. The number of benzene rings is 1. The molecule has 1 aromatic heterocycles. The van der Waals surface area contributed by atoms with Gasteiger partial charge in [-0.2, -0.15) is 0 Å². The van der Waals surface area contributed by atoms with Crippen molar-refractivity contribution in [2.24, 2.45) is 0 Å². The van der Waals surface area contributed by atoms with Crippen molar-refractivity contribution in [1.82, 2.24) is 15.2 Å². The smallest absolute Gasteiger partial charge is 0.273 e. The number of rotatable bonds is 14. The second-order valence-electron chi connectivity index (χ2n) is 7.93. The van der Waals surface area contributed by atoms with Gasteiger partial charge in [0.2, 0.25) is 11.8 Å². The molecule has 1 atom stereocenters. The molecule has 0 aliphatic carbocycles. The minimum absolute atomic E-state index is 0.0774. The zero-order valence-electron chi connectivity index (χ0n) is 19.2. The highest BCUT2D eigenvalue weighted by atomic mass is 16.3. The van der Waals surface area contributed by atoms with E-state index in [0.717, 1.165) is 50.5 Å². The Morgan fingerprint density at radius 3 is 2.42 bits per heavy atom. The van der Waals surface area contributed by atoms with Crippen molar-refractivity contribution in [1.29, 1.82) is 0 Å². The largest absolute Gasteiger partial charge is 0.446 e. The summed E-state index contributed by atoms with van der Waals surface area (Å²) in [6.07, 6.45) is 8.32. The number of carbonyl (C=O) groups is 2. The highest BCUT2D eigenvalue weighted by molar-refractivity contribution is 5.91. The molecule has 2 amide bonds. The van der Waals surface area contributed by atoms with E-state index in [0.29, 0.717) is 19.0 Å². The number of carbonyl (C=O) groups excluding carboxylic acids is 2. The predicted molar refractivity (Wildman–Crippen MR) is 123 cm³/mol. The van der Waals surface area contributed by atoms with Crippen LogP contribution in [0.1, 0.15) is 93.6 Å². The molecule has 0 aliphatic heterocycles. The van der Waals surface area contributed by atoms with Gasteiger partial charge in [0.1, 0.15) is 6.26 Å². The van der Waals surface area contributed by atoms with Crippen LogP contribution in [0.5, 0.6) is 0 Å². The number of aromatic nitrogens is 1. The maximum atomic E-state index is 13.4. The number of oxazole rings is 1. The number of amides is 2. The Morgan fingerprint density at radius 2 is 1.74 bits per heavy atom. The van der Waals surface area contributed by atoms with E-state index in [1.165, 1.54) is 6.26 Å². The summed E-state index contributed by atoms with van der Waals surface area (Å²) >= 11 is 0. The highest BCUT2D eigenvalue weighted by Gasteiger charge is 2.26. The molecule has 6 heteroatoms. The van der Waals surface area contributed by atoms with Crippen LogP contribution in [0.2, 0.25) is 0 Å². The Kier molecular flexibility index (Phi) is 10.8. The number of unbranched alkanes of at least 4 members (excludes halogenated alkanes) is 4. The monoisotopic (exact) mass is 427 g/mol. The van der Waals surface area contributed by atoms with E-state index >= 15 is 0 Å². The Bertz CT molecular complexity index is 788. The molecule has 1 aromatic carbocycles. The highest BCUT2D eigenvalue weighted by Crippen LogP contribution is 2.23. The fourth-order valence-corrected chi connectivity index (χ4v) is 3.60. The average molecular weight is 428 g/mol. The molecule has 2 aromatic rings. The predicted octanol–water partition coefficient (Wildman–Crippen LogP) is 5.31. The molecule has 31 heavy (non-hydrogen) atoms. The molecule has 2 rings (SSSR count). The maximum Gasteiger partial charge on any atom is 0.273 e. The molecular formula is C25H37N3O3. The van der Waals surface area contributed by atoms with Gasteiger partial charge in [0.25, 0.3) is 5.91 Å². The van der Waals surface area contributed by atoms with E-state index in [4.69, 9.17) is 4.42 Å². The Balaban J connectivity index is 2.07. The topological polar surface area (TPSA) is 75.4 Å². The third kappa shape index (κ3) is 7.85. The van der Waals surface area contributed by atoms with Gasteiger partial charge >= 0.3 is 0 Å². The molecule has 170 valence electrons. The molecule has 1 N–H and O–H groups in total. The van der Waals surface area contributed by atoms with Gasteiger partial charge in [0, 0.05) is 13.1 Å². The van der Waals surface area contributed by atoms with E-state index < -0.39 is 0 Å². The summed E-state index contributed by atoms with van der Waals surface area (Å²) in [6, 6.07) is 9.89. The maximum absolute atomic E-state index is 13.4. The van der Waals surface area contributed by atoms with Gasteiger partial charge < -0.3 is 14.6 Å². The molecule has 0 unspecified atom stereocenters. The summed E-state index contributed by atoms with van der Waals surface area (Å²) in [5, 5.41) is 2.87. The lowest BCUT2D eigenvalue weighted by molar-refractivity contribution is -0.134. The zero-order valence-corrected chi connectivity index (χ0v) is 19.2. The van der Waals surface area contributed by atoms with Crippen LogP contribution in [0.25, 0.3) is 0 Å². The molecule has 0 bridgehead atoms. The first-order chi connectivity index (χ1) is 15.1. The molecule has 6 nitrogen and oxygen atoms in total. The van der Waals surface area contributed by atoms with E-state index in [1.54, 1.807) is 0 Å². The normalized spacial score (nSPS) is 11.8. The quantitative estimate of drug-likeness (QED) is 0.415. The molecule has 0 saturated heterocycles. The second kappa shape index (κ2) is 13.6. The number of nitrogens with one attached hydrogen (secondary N) is 1. The summed E-state index contributed by atoms with van der Waals surface area (Å²) in [4.78, 5) is 31.8. The number of hydrogen-bond donors (Lipinski definition) is 1. The van der Waals surface area contributed by atoms with E-state index in [2.05, 4.69) is 24.1 Å². The fraction of sp³-hybridized carbons (Fsp3) is 0.560. The summed E-state index contributed by atoms with van der Waals surface area (Å²) < 4.78 is 5.55. The fourth-order valence-electron chi connectivity index (χ4n) is 3.60. The molecule has 0 spiro atoms. The lowest BCUT2D eigenvalue weighted by Gasteiger charge is -2.26. The van der Waals surface area contributed by atoms with Crippen LogP contribution in [0.15, 0.2) is 41.0 Å². The van der Waals surface area contributed by atoms with Crippen molar-refractivity contribution >= 4 is 11.8 Å². The first kappa shape index (κ1) is 24.6. The van der Waals surface area contributed by atoms with Gasteiger partial charge in [-0.25, -0.2) is 4.98 Å². The van der Waals surface area contributed by atoms with Gasteiger partial charge in [-0.05, 0) is 24.8 Å². The van der Waals surface area contributed by atoms with Crippen LogP contribution in [-0.4, -0.2) is 34.8 Å². The van der Waals surface area contributed by atoms with Gasteiger partial charge in [0.15, 0.2) is 5.69 Å². The summed E-state index contributed by atoms with van der Waals surface area (Å²) in [7, 11) is 0. The molecule has 1 heterocycles. The van der Waals surface area contributed by atoms with Crippen molar-refractivity contribution in [3.05, 3.63) is 53.7 Å². The Morgan fingerprint density at radius 1 is 1.03 bits per heavy atom. The van der Waals surface area contributed by atoms with Crippen LogP contribution in [-0.2, 0) is 11.3 Å². The van der Waals surface area contributed by atoms with Crippen LogP contribution >= 0.6 is 0 Å². The number of nitrogens with zero attached hydrogens (tertiary/aromatic N) is 2. The lowest BCUT2D eigenvalue weighted by Crippen LogP contribution is -2.35. The van der Waals surface area contributed by atoms with Crippen molar-refractivity contribution in [3.63, 3.8) is 0 Å². The molecule has 0 radical (unpaired) electrons. The van der Waals surface area contributed by atoms with Crippen molar-refractivity contribution in [3.8, 4) is 0 Å². The molecular weight excluding hydrogens is 390 g/mol. The summed E-state index contributed by atoms with van der Waals surface area (Å²) in [5.41, 5.74) is 1.29. The van der Waals surface area contributed by atoms with E-state index in [9.17, 15) is 9.59 Å². The van der Waals surface area contributed by atoms with Crippen LogP contribution in [0.3, 0.4) is 0 Å². The van der Waals surface area contributed by atoms with Crippen LogP contribution in [0.4, 0.5) is 0 Å². The van der Waals surface area contributed by atoms with Gasteiger partial charge in [-0.3, -0.25) is 9.59 Å². The van der Waals surface area contributed by atoms with Gasteiger partial charge in [-0.1, -0.05) is 76.8 Å². The third-order valence-corrected chi connectivity index (χ3v) is 5.43. The Hall–Kier alpha value is -2.63. The van der Waals surface area contributed by atoms with Crippen molar-refractivity contribution in [2.75, 3.05) is 13.1 Å². The van der Waals surface area contributed by atoms with Crippen LogP contribution in [0, 0.1) is 0 Å². The van der Waals surface area contributed by atoms with Crippen LogP contribution < -0.4 is 5.32 Å². The Labute approximate surface area is 186 Å². The summed E-state index contributed by atoms with van der Waals surface area (Å²) in [5.74, 6) is 0.0462. The first-order valence-corrected chi connectivity index (χ1v) is 11.7. The molecule has 0 fully saturated rings. The van der Waals surface area contributed by atoms with E-state index in [-0.39, 0.29) is 30.0 Å². The summed E-state index contributed by atoms with van der Waals surface area (Å²) in [6.45, 7) is 7.86. The third-order valence-electron chi connectivity index (χ3n) is 5.43. The van der Waals surface area contributed by atoms with Gasteiger partial charge in [-0.15, -0.1) is 0 Å².